The molecule has 0 amide bonds. The van der Waals surface area contributed by atoms with E-state index in [1.54, 1.807) is 0 Å². The van der Waals surface area contributed by atoms with Crippen LogP contribution < -0.4 is 10.1 Å². The summed E-state index contributed by atoms with van der Waals surface area (Å²) < 4.78 is 18.8. The quantitative estimate of drug-likeness (QED) is 0.901. The van der Waals surface area contributed by atoms with Crippen LogP contribution in [0.4, 0.5) is 0 Å². The van der Waals surface area contributed by atoms with Gasteiger partial charge >= 0.3 is 0 Å². The summed E-state index contributed by atoms with van der Waals surface area (Å²) in [7, 11) is 1.95. The monoisotopic (exact) mass is 355 g/mol. The van der Waals surface area contributed by atoms with Gasteiger partial charge in [-0.3, -0.25) is 0 Å². The molecule has 2 aliphatic heterocycles. The van der Waals surface area contributed by atoms with Crippen molar-refractivity contribution in [2.24, 2.45) is 0 Å². The van der Waals surface area contributed by atoms with Gasteiger partial charge in [-0.05, 0) is 29.0 Å². The molecular formula is C16H22BrNO3. The zero-order chi connectivity index (χ0) is 14.7. The summed E-state index contributed by atoms with van der Waals surface area (Å²) in [6.45, 7) is 3.05. The average molecular weight is 356 g/mol. The van der Waals surface area contributed by atoms with E-state index in [0.717, 1.165) is 49.2 Å². The number of para-hydroxylation sites is 1. The molecule has 2 unspecified atom stereocenters. The lowest BCUT2D eigenvalue weighted by molar-refractivity contribution is -0.112. The summed E-state index contributed by atoms with van der Waals surface area (Å²) in [5.41, 5.74) is 1.06. The molecule has 0 aliphatic carbocycles. The van der Waals surface area contributed by atoms with E-state index in [1.807, 2.05) is 19.2 Å². The van der Waals surface area contributed by atoms with Gasteiger partial charge in [0.05, 0.1) is 23.3 Å². The van der Waals surface area contributed by atoms with Gasteiger partial charge in [-0.1, -0.05) is 12.1 Å². The van der Waals surface area contributed by atoms with Crippen LogP contribution in [0.3, 0.4) is 0 Å². The Morgan fingerprint density at radius 1 is 1.43 bits per heavy atom. The van der Waals surface area contributed by atoms with Gasteiger partial charge in [0.15, 0.2) is 0 Å². The predicted molar refractivity (Wildman–Crippen MR) is 84.7 cm³/mol. The van der Waals surface area contributed by atoms with Crippen molar-refractivity contribution in [3.05, 3.63) is 28.2 Å². The Morgan fingerprint density at radius 3 is 3.10 bits per heavy atom. The van der Waals surface area contributed by atoms with Gasteiger partial charge in [0, 0.05) is 38.0 Å². The fraction of sp³-hybridized carbons (Fsp3) is 0.625. The summed E-state index contributed by atoms with van der Waals surface area (Å²) in [6, 6.07) is 6.17. The van der Waals surface area contributed by atoms with Crippen LogP contribution in [0.2, 0.25) is 0 Å². The summed E-state index contributed by atoms with van der Waals surface area (Å²) in [6.07, 6.45) is 3.01. The third kappa shape index (κ3) is 3.42. The number of benzene rings is 1. The Labute approximate surface area is 134 Å². The van der Waals surface area contributed by atoms with Gasteiger partial charge in [0.1, 0.15) is 11.9 Å². The van der Waals surface area contributed by atoms with Crippen LogP contribution >= 0.6 is 15.9 Å². The molecule has 1 aromatic carbocycles. The Balaban J connectivity index is 1.74. The van der Waals surface area contributed by atoms with Crippen molar-refractivity contribution in [1.82, 2.24) is 5.32 Å². The van der Waals surface area contributed by atoms with E-state index in [-0.39, 0.29) is 11.7 Å². The lowest BCUT2D eigenvalue weighted by Crippen LogP contribution is -2.44. The molecule has 1 spiro atoms. The van der Waals surface area contributed by atoms with Crippen LogP contribution in [-0.2, 0) is 16.0 Å². The lowest BCUT2D eigenvalue weighted by Gasteiger charge is -2.37. The summed E-state index contributed by atoms with van der Waals surface area (Å²) in [5.74, 6) is 0.952. The van der Waals surface area contributed by atoms with Gasteiger partial charge in [-0.2, -0.15) is 0 Å². The van der Waals surface area contributed by atoms with Crippen LogP contribution in [0.15, 0.2) is 22.7 Å². The van der Waals surface area contributed by atoms with Crippen LogP contribution in [0, 0.1) is 0 Å². The third-order valence-corrected chi connectivity index (χ3v) is 4.84. The second-order valence-electron chi connectivity index (χ2n) is 5.83. The molecule has 2 heterocycles. The van der Waals surface area contributed by atoms with Gasteiger partial charge < -0.3 is 19.5 Å². The molecule has 1 aromatic rings. The van der Waals surface area contributed by atoms with Crippen LogP contribution in [0.25, 0.3) is 0 Å². The molecule has 21 heavy (non-hydrogen) atoms. The first-order valence-electron chi connectivity index (χ1n) is 7.53. The van der Waals surface area contributed by atoms with Crippen molar-refractivity contribution in [2.75, 3.05) is 26.9 Å². The molecular weight excluding hydrogens is 334 g/mol. The minimum Gasteiger partial charge on any atom is -0.489 e. The highest BCUT2D eigenvalue weighted by Crippen LogP contribution is 2.37. The normalized spacial score (nSPS) is 29.0. The molecule has 1 N–H and O–H groups in total. The maximum atomic E-state index is 6.33. The summed E-state index contributed by atoms with van der Waals surface area (Å²) in [5, 5.41) is 3.19. The molecule has 2 atom stereocenters. The van der Waals surface area contributed by atoms with Crippen LogP contribution in [-0.4, -0.2) is 38.6 Å². The van der Waals surface area contributed by atoms with Crippen molar-refractivity contribution in [3.8, 4) is 5.75 Å². The minimum absolute atomic E-state index is 0.118. The zero-order valence-electron chi connectivity index (χ0n) is 12.4. The highest BCUT2D eigenvalue weighted by Gasteiger charge is 2.42. The first kappa shape index (κ1) is 15.3. The zero-order valence-corrected chi connectivity index (χ0v) is 13.9. The van der Waals surface area contributed by atoms with Gasteiger partial charge in [0.25, 0.3) is 0 Å². The molecule has 4 nitrogen and oxygen atoms in total. The topological polar surface area (TPSA) is 39.7 Å². The molecule has 0 radical (unpaired) electrons. The fourth-order valence-electron chi connectivity index (χ4n) is 3.13. The number of rotatable bonds is 4. The Bertz CT molecular complexity index is 488. The number of ether oxygens (including phenoxy) is 3. The second kappa shape index (κ2) is 6.65. The maximum Gasteiger partial charge on any atom is 0.138 e. The molecule has 2 saturated heterocycles. The minimum atomic E-state index is -0.118. The number of hydrogen-bond donors (Lipinski definition) is 1. The van der Waals surface area contributed by atoms with Crippen molar-refractivity contribution >= 4 is 15.9 Å². The second-order valence-corrected chi connectivity index (χ2v) is 6.68. The van der Waals surface area contributed by atoms with E-state index in [4.69, 9.17) is 14.2 Å². The number of nitrogens with one attached hydrogen (secondary N) is 1. The van der Waals surface area contributed by atoms with Crippen molar-refractivity contribution in [1.29, 1.82) is 0 Å². The lowest BCUT2D eigenvalue weighted by atomic mass is 9.91. The first-order chi connectivity index (χ1) is 10.2. The van der Waals surface area contributed by atoms with E-state index >= 15 is 0 Å². The average Bonchev–Trinajstić information content (AvgIpc) is 2.91. The van der Waals surface area contributed by atoms with E-state index in [2.05, 4.69) is 27.3 Å². The molecule has 116 valence electrons. The Hall–Kier alpha value is -0.620. The van der Waals surface area contributed by atoms with Crippen LogP contribution in [0.5, 0.6) is 5.75 Å². The molecule has 5 heteroatoms. The molecule has 3 rings (SSSR count). The highest BCUT2D eigenvalue weighted by atomic mass is 79.9. The molecule has 0 aromatic heterocycles. The third-order valence-electron chi connectivity index (χ3n) is 4.22. The van der Waals surface area contributed by atoms with Crippen molar-refractivity contribution in [2.45, 2.75) is 37.5 Å². The summed E-state index contributed by atoms with van der Waals surface area (Å²) >= 11 is 3.61. The van der Waals surface area contributed by atoms with Gasteiger partial charge in [0.2, 0.25) is 0 Å². The molecule has 0 saturated carbocycles. The van der Waals surface area contributed by atoms with E-state index < -0.39 is 0 Å². The van der Waals surface area contributed by atoms with Gasteiger partial charge in [-0.15, -0.1) is 0 Å². The first-order valence-corrected chi connectivity index (χ1v) is 8.32. The Morgan fingerprint density at radius 2 is 2.33 bits per heavy atom. The highest BCUT2D eigenvalue weighted by molar-refractivity contribution is 9.10. The van der Waals surface area contributed by atoms with Crippen molar-refractivity contribution in [3.63, 3.8) is 0 Å². The fourth-order valence-corrected chi connectivity index (χ4v) is 3.63. The predicted octanol–water partition coefficient (Wildman–Crippen LogP) is 2.89. The maximum absolute atomic E-state index is 6.33. The Kier molecular flexibility index (Phi) is 4.84. The van der Waals surface area contributed by atoms with Crippen LogP contribution in [0.1, 0.15) is 24.8 Å². The van der Waals surface area contributed by atoms with Gasteiger partial charge in [-0.25, -0.2) is 0 Å². The smallest absolute Gasteiger partial charge is 0.138 e. The largest absolute Gasteiger partial charge is 0.489 e. The SMILES string of the molecule is CNCc1cccc(Br)c1OC1CCOC2(CCOC2)C1. The molecule has 2 fully saturated rings. The summed E-state index contributed by atoms with van der Waals surface area (Å²) in [4.78, 5) is 0. The van der Waals surface area contributed by atoms with E-state index in [0.29, 0.717) is 6.61 Å². The molecule has 0 bridgehead atoms. The molecule has 2 aliphatic rings. The van der Waals surface area contributed by atoms with E-state index in [1.165, 1.54) is 5.56 Å². The number of halogens is 1. The standard InChI is InChI=1S/C16H22BrNO3/c1-18-10-12-3-2-4-14(17)15(12)21-13-5-7-20-16(9-13)6-8-19-11-16/h2-4,13,18H,5-11H2,1H3. The van der Waals surface area contributed by atoms with E-state index in [9.17, 15) is 0 Å². The van der Waals surface area contributed by atoms with Crippen molar-refractivity contribution < 1.29 is 14.2 Å². The number of hydrogen-bond acceptors (Lipinski definition) is 4.